The molecule has 26 heavy (non-hydrogen) atoms. The van der Waals surface area contributed by atoms with Crippen LogP contribution in [-0.2, 0) is 13.0 Å². The maximum Gasteiger partial charge on any atom is 0.191 e. The number of benzene rings is 1. The number of hydrogen-bond acceptors (Lipinski definition) is 5. The smallest absolute Gasteiger partial charge is 0.191 e. The quantitative estimate of drug-likeness (QED) is 0.354. The summed E-state index contributed by atoms with van der Waals surface area (Å²) < 4.78 is 10.6. The van der Waals surface area contributed by atoms with Crippen LogP contribution in [0.3, 0.4) is 0 Å². The van der Waals surface area contributed by atoms with Crippen LogP contribution in [0.1, 0.15) is 21.1 Å². The van der Waals surface area contributed by atoms with Crippen molar-refractivity contribution in [2.24, 2.45) is 4.99 Å². The SMILES string of the molecule is CN=C(NCCc1ccc(OC)c(OC)c1)NCc1nc(C)c(C)s1.I. The predicted molar refractivity (Wildman–Crippen MR) is 118 cm³/mol. The summed E-state index contributed by atoms with van der Waals surface area (Å²) in [5, 5.41) is 7.68. The minimum Gasteiger partial charge on any atom is -0.493 e. The van der Waals surface area contributed by atoms with Gasteiger partial charge >= 0.3 is 0 Å². The lowest BCUT2D eigenvalue weighted by molar-refractivity contribution is 0.354. The second-order valence-corrected chi connectivity index (χ2v) is 6.83. The van der Waals surface area contributed by atoms with Crippen molar-refractivity contribution in [3.63, 3.8) is 0 Å². The molecule has 0 amide bonds. The zero-order valence-electron chi connectivity index (χ0n) is 15.9. The third-order valence-electron chi connectivity index (χ3n) is 3.86. The van der Waals surface area contributed by atoms with Crippen molar-refractivity contribution in [3.8, 4) is 11.5 Å². The Balaban J connectivity index is 0.00000338. The number of hydrogen-bond donors (Lipinski definition) is 2. The van der Waals surface area contributed by atoms with E-state index in [-0.39, 0.29) is 24.0 Å². The average Bonchev–Trinajstić information content (AvgIpc) is 2.95. The second-order valence-electron chi connectivity index (χ2n) is 5.54. The molecule has 1 aromatic carbocycles. The maximum atomic E-state index is 5.34. The monoisotopic (exact) mass is 490 g/mol. The summed E-state index contributed by atoms with van der Waals surface area (Å²) in [4.78, 5) is 10.0. The Morgan fingerprint density at radius 3 is 2.46 bits per heavy atom. The van der Waals surface area contributed by atoms with E-state index < -0.39 is 0 Å². The Morgan fingerprint density at radius 2 is 1.88 bits per heavy atom. The molecule has 6 nitrogen and oxygen atoms in total. The highest BCUT2D eigenvalue weighted by atomic mass is 127. The van der Waals surface area contributed by atoms with Crippen LogP contribution in [0.4, 0.5) is 0 Å². The third-order valence-corrected chi connectivity index (χ3v) is 4.93. The van der Waals surface area contributed by atoms with Gasteiger partial charge in [-0.25, -0.2) is 4.98 Å². The molecular weight excluding hydrogens is 463 g/mol. The van der Waals surface area contributed by atoms with Gasteiger partial charge in [0.05, 0.1) is 26.5 Å². The Hall–Kier alpha value is -1.55. The fourth-order valence-corrected chi connectivity index (χ4v) is 3.23. The van der Waals surface area contributed by atoms with Crippen LogP contribution < -0.4 is 20.1 Å². The van der Waals surface area contributed by atoms with Crippen molar-refractivity contribution < 1.29 is 9.47 Å². The molecule has 1 heterocycles. The van der Waals surface area contributed by atoms with Crippen molar-refractivity contribution in [2.75, 3.05) is 27.8 Å². The number of aromatic nitrogens is 1. The van der Waals surface area contributed by atoms with Gasteiger partial charge in [-0.2, -0.15) is 0 Å². The number of halogens is 1. The molecule has 0 saturated heterocycles. The van der Waals surface area contributed by atoms with E-state index in [0.29, 0.717) is 6.54 Å². The highest BCUT2D eigenvalue weighted by molar-refractivity contribution is 14.0. The summed E-state index contributed by atoms with van der Waals surface area (Å²) in [6.45, 7) is 5.57. The van der Waals surface area contributed by atoms with Gasteiger partial charge in [0.15, 0.2) is 17.5 Å². The summed E-state index contributed by atoms with van der Waals surface area (Å²) in [7, 11) is 5.05. The largest absolute Gasteiger partial charge is 0.493 e. The van der Waals surface area contributed by atoms with Gasteiger partial charge in [-0.3, -0.25) is 4.99 Å². The number of aliphatic imine (C=N–C) groups is 1. The van der Waals surface area contributed by atoms with Gasteiger partial charge in [0, 0.05) is 18.5 Å². The highest BCUT2D eigenvalue weighted by Gasteiger charge is 2.06. The van der Waals surface area contributed by atoms with Crippen molar-refractivity contribution in [3.05, 3.63) is 39.3 Å². The molecule has 1 aromatic heterocycles. The Morgan fingerprint density at radius 1 is 1.15 bits per heavy atom. The van der Waals surface area contributed by atoms with Crippen molar-refractivity contribution >= 4 is 41.3 Å². The van der Waals surface area contributed by atoms with Crippen LogP contribution in [0.2, 0.25) is 0 Å². The molecule has 2 N–H and O–H groups in total. The number of nitrogens with one attached hydrogen (secondary N) is 2. The normalized spacial score (nSPS) is 10.9. The van der Waals surface area contributed by atoms with E-state index in [0.717, 1.165) is 41.1 Å². The Labute approximate surface area is 176 Å². The van der Waals surface area contributed by atoms with Gasteiger partial charge in [-0.1, -0.05) is 6.07 Å². The van der Waals surface area contributed by atoms with Gasteiger partial charge in [0.25, 0.3) is 0 Å². The van der Waals surface area contributed by atoms with Gasteiger partial charge < -0.3 is 20.1 Å². The Kier molecular flexibility index (Phi) is 9.71. The lowest BCUT2D eigenvalue weighted by Gasteiger charge is -2.12. The summed E-state index contributed by atoms with van der Waals surface area (Å²) in [5.74, 6) is 2.26. The lowest BCUT2D eigenvalue weighted by Crippen LogP contribution is -2.37. The molecule has 0 aliphatic carbocycles. The average molecular weight is 490 g/mol. The first kappa shape index (κ1) is 22.5. The van der Waals surface area contributed by atoms with Gasteiger partial charge in [-0.15, -0.1) is 35.3 Å². The van der Waals surface area contributed by atoms with Crippen molar-refractivity contribution in [2.45, 2.75) is 26.8 Å². The number of nitrogens with zero attached hydrogens (tertiary/aromatic N) is 2. The molecule has 0 fully saturated rings. The van der Waals surface area contributed by atoms with Crippen LogP contribution in [0.25, 0.3) is 0 Å². The van der Waals surface area contributed by atoms with E-state index in [9.17, 15) is 0 Å². The number of aryl methyl sites for hydroxylation is 2. The number of rotatable bonds is 7. The van der Waals surface area contributed by atoms with Crippen molar-refractivity contribution in [1.29, 1.82) is 0 Å². The zero-order valence-corrected chi connectivity index (χ0v) is 19.0. The molecule has 0 aliphatic rings. The second kappa shape index (κ2) is 11.2. The van der Waals surface area contributed by atoms with E-state index in [1.165, 1.54) is 10.4 Å². The van der Waals surface area contributed by atoms with E-state index >= 15 is 0 Å². The molecule has 0 saturated carbocycles. The number of methoxy groups -OCH3 is 2. The minimum atomic E-state index is 0. The summed E-state index contributed by atoms with van der Waals surface area (Å²) in [6.07, 6.45) is 0.858. The molecule has 144 valence electrons. The van der Waals surface area contributed by atoms with Crippen molar-refractivity contribution in [1.82, 2.24) is 15.6 Å². The van der Waals surface area contributed by atoms with Crippen LogP contribution >= 0.6 is 35.3 Å². The first-order valence-corrected chi connectivity index (χ1v) is 8.97. The van der Waals surface area contributed by atoms with E-state index in [2.05, 4.69) is 27.5 Å². The summed E-state index contributed by atoms with van der Waals surface area (Å²) in [5.41, 5.74) is 2.27. The maximum absolute atomic E-state index is 5.34. The standard InChI is InChI=1S/C18H26N4O2S.HI/c1-12-13(2)25-17(22-12)11-21-18(19-3)20-9-8-14-6-7-15(23-4)16(10-14)24-5;/h6-7,10H,8-9,11H2,1-5H3,(H2,19,20,21);1H. The van der Waals surface area contributed by atoms with Crippen LogP contribution in [0.5, 0.6) is 11.5 Å². The fraction of sp³-hybridized carbons (Fsp3) is 0.444. The van der Waals surface area contributed by atoms with Gasteiger partial charge in [0.1, 0.15) is 5.01 Å². The van der Waals surface area contributed by atoms with E-state index in [1.54, 1.807) is 32.6 Å². The molecule has 0 aliphatic heterocycles. The molecule has 0 radical (unpaired) electrons. The zero-order chi connectivity index (χ0) is 18.2. The van der Waals surface area contributed by atoms with Crippen LogP contribution in [0, 0.1) is 13.8 Å². The lowest BCUT2D eigenvalue weighted by atomic mass is 10.1. The molecule has 2 aromatic rings. The first-order chi connectivity index (χ1) is 12.1. The van der Waals surface area contributed by atoms with Gasteiger partial charge in [-0.05, 0) is 38.0 Å². The highest BCUT2D eigenvalue weighted by Crippen LogP contribution is 2.27. The molecular formula is C18H27IN4O2S. The molecule has 0 bridgehead atoms. The minimum absolute atomic E-state index is 0. The fourth-order valence-electron chi connectivity index (χ4n) is 2.36. The third kappa shape index (κ3) is 6.31. The summed E-state index contributed by atoms with van der Waals surface area (Å²) in [6, 6.07) is 5.96. The molecule has 0 spiro atoms. The van der Waals surface area contributed by atoms with E-state index in [4.69, 9.17) is 9.47 Å². The number of guanidine groups is 1. The predicted octanol–water partition coefficient (Wildman–Crippen LogP) is 3.30. The van der Waals surface area contributed by atoms with Crippen LogP contribution in [-0.4, -0.2) is 38.8 Å². The van der Waals surface area contributed by atoms with Crippen LogP contribution in [0.15, 0.2) is 23.2 Å². The molecule has 8 heteroatoms. The number of ether oxygens (including phenoxy) is 2. The molecule has 2 rings (SSSR count). The van der Waals surface area contributed by atoms with Gasteiger partial charge in [0.2, 0.25) is 0 Å². The van der Waals surface area contributed by atoms with E-state index in [1.807, 2.05) is 25.1 Å². The topological polar surface area (TPSA) is 67.8 Å². The molecule has 0 atom stereocenters. The first-order valence-electron chi connectivity index (χ1n) is 8.15. The molecule has 0 unspecified atom stereocenters. The summed E-state index contributed by atoms with van der Waals surface area (Å²) >= 11 is 1.71. The Bertz CT molecular complexity index is 714. The number of thiazole rings is 1.